The van der Waals surface area contributed by atoms with Crippen molar-refractivity contribution in [3.8, 4) is 0 Å². The van der Waals surface area contributed by atoms with E-state index in [-0.39, 0.29) is 5.91 Å². The number of rotatable bonds is 8. The molecular formula is C19H23ClN2O. The van der Waals surface area contributed by atoms with E-state index in [1.807, 2.05) is 66.4 Å². The third-order valence-corrected chi connectivity index (χ3v) is 3.94. The molecule has 0 aromatic heterocycles. The first kappa shape index (κ1) is 17.5. The Bertz CT molecular complexity index is 616. The minimum atomic E-state index is 0.127. The van der Waals surface area contributed by atoms with Crippen molar-refractivity contribution in [2.45, 2.75) is 19.9 Å². The van der Waals surface area contributed by atoms with Crippen LogP contribution in [0.5, 0.6) is 0 Å². The molecule has 0 aliphatic carbocycles. The van der Waals surface area contributed by atoms with E-state index in [4.69, 9.17) is 11.6 Å². The van der Waals surface area contributed by atoms with Gasteiger partial charge >= 0.3 is 0 Å². The summed E-state index contributed by atoms with van der Waals surface area (Å²) in [7, 11) is 0. The number of hydrogen-bond acceptors (Lipinski definition) is 2. The van der Waals surface area contributed by atoms with Gasteiger partial charge in [-0.25, -0.2) is 0 Å². The van der Waals surface area contributed by atoms with Gasteiger partial charge in [-0.2, -0.15) is 0 Å². The Morgan fingerprint density at radius 3 is 2.52 bits per heavy atom. The van der Waals surface area contributed by atoms with E-state index in [1.165, 1.54) is 5.56 Å². The monoisotopic (exact) mass is 330 g/mol. The molecule has 0 atom stereocenters. The number of amides is 1. The Morgan fingerprint density at radius 2 is 1.83 bits per heavy atom. The molecule has 2 aromatic rings. The zero-order valence-corrected chi connectivity index (χ0v) is 14.2. The summed E-state index contributed by atoms with van der Waals surface area (Å²) in [6.45, 7) is 4.50. The second kappa shape index (κ2) is 9.33. The molecule has 2 aromatic carbocycles. The first-order chi connectivity index (χ1) is 11.2. The van der Waals surface area contributed by atoms with Gasteiger partial charge in [0.05, 0.1) is 6.54 Å². The molecule has 0 radical (unpaired) electrons. The maximum Gasteiger partial charge on any atom is 0.236 e. The fourth-order valence-electron chi connectivity index (χ4n) is 2.41. The Hall–Kier alpha value is -1.84. The summed E-state index contributed by atoms with van der Waals surface area (Å²) >= 11 is 5.96. The Labute approximate surface area is 143 Å². The lowest BCUT2D eigenvalue weighted by Crippen LogP contribution is -2.38. The van der Waals surface area contributed by atoms with Crippen molar-refractivity contribution in [2.75, 3.05) is 19.6 Å². The second-order valence-electron chi connectivity index (χ2n) is 5.45. The van der Waals surface area contributed by atoms with Crippen molar-refractivity contribution in [1.82, 2.24) is 10.2 Å². The maximum atomic E-state index is 12.3. The van der Waals surface area contributed by atoms with Gasteiger partial charge in [-0.15, -0.1) is 0 Å². The molecule has 0 bridgehead atoms. The summed E-state index contributed by atoms with van der Waals surface area (Å²) in [5, 5.41) is 3.97. The lowest BCUT2D eigenvalue weighted by Gasteiger charge is -2.21. The van der Waals surface area contributed by atoms with E-state index in [2.05, 4.69) is 5.32 Å². The highest BCUT2D eigenvalue weighted by atomic mass is 35.5. The van der Waals surface area contributed by atoms with E-state index in [0.717, 1.165) is 23.6 Å². The molecule has 4 heteroatoms. The fraction of sp³-hybridized carbons (Fsp3) is 0.316. The molecule has 0 spiro atoms. The number of likely N-dealkylation sites (N-methyl/N-ethyl adjacent to an activating group) is 1. The molecule has 1 N–H and O–H groups in total. The summed E-state index contributed by atoms with van der Waals surface area (Å²) < 4.78 is 0. The van der Waals surface area contributed by atoms with Crippen LogP contribution < -0.4 is 5.32 Å². The Morgan fingerprint density at radius 1 is 1.09 bits per heavy atom. The molecule has 0 unspecified atom stereocenters. The molecule has 1 amide bonds. The maximum absolute atomic E-state index is 12.3. The molecule has 3 nitrogen and oxygen atoms in total. The third kappa shape index (κ3) is 6.05. The third-order valence-electron chi connectivity index (χ3n) is 3.71. The van der Waals surface area contributed by atoms with Crippen LogP contribution >= 0.6 is 11.6 Å². The number of carbonyl (C=O) groups is 1. The molecular weight excluding hydrogens is 308 g/mol. The van der Waals surface area contributed by atoms with Crippen molar-refractivity contribution in [3.05, 3.63) is 70.7 Å². The molecule has 23 heavy (non-hydrogen) atoms. The number of halogens is 1. The highest BCUT2D eigenvalue weighted by Gasteiger charge is 2.11. The summed E-state index contributed by atoms with van der Waals surface area (Å²) in [4.78, 5) is 14.1. The standard InChI is InChI=1S/C19H23ClN2O/c1-2-22(15-17-7-4-3-5-8-17)19(23)14-21-12-11-16-9-6-10-18(20)13-16/h3-10,13,21H,2,11-12,14-15H2,1H3. The summed E-state index contributed by atoms with van der Waals surface area (Å²) in [5.41, 5.74) is 2.33. The predicted molar refractivity (Wildman–Crippen MR) is 95.6 cm³/mol. The molecule has 0 heterocycles. The quantitative estimate of drug-likeness (QED) is 0.751. The van der Waals surface area contributed by atoms with Gasteiger partial charge < -0.3 is 10.2 Å². The smallest absolute Gasteiger partial charge is 0.236 e. The van der Waals surface area contributed by atoms with Crippen LogP contribution in [0.2, 0.25) is 5.02 Å². The molecule has 2 rings (SSSR count). The fourth-order valence-corrected chi connectivity index (χ4v) is 2.63. The van der Waals surface area contributed by atoms with Gasteiger partial charge in [-0.05, 0) is 43.1 Å². The van der Waals surface area contributed by atoms with Crippen LogP contribution in [0.1, 0.15) is 18.1 Å². The normalized spacial score (nSPS) is 10.5. The molecule has 0 fully saturated rings. The van der Waals surface area contributed by atoms with Crippen molar-refractivity contribution < 1.29 is 4.79 Å². The zero-order chi connectivity index (χ0) is 16.5. The molecule has 122 valence electrons. The van der Waals surface area contributed by atoms with Gasteiger partial charge in [0.2, 0.25) is 5.91 Å². The highest BCUT2D eigenvalue weighted by molar-refractivity contribution is 6.30. The Kier molecular flexibility index (Phi) is 7.11. The van der Waals surface area contributed by atoms with Crippen LogP contribution in [0.3, 0.4) is 0 Å². The molecule has 0 aliphatic heterocycles. The highest BCUT2D eigenvalue weighted by Crippen LogP contribution is 2.10. The number of hydrogen-bond donors (Lipinski definition) is 1. The van der Waals surface area contributed by atoms with Gasteiger partial charge in [0, 0.05) is 18.1 Å². The van der Waals surface area contributed by atoms with Crippen LogP contribution in [-0.2, 0) is 17.8 Å². The van der Waals surface area contributed by atoms with Crippen molar-refractivity contribution >= 4 is 17.5 Å². The molecule has 0 aliphatic rings. The van der Waals surface area contributed by atoms with Crippen LogP contribution in [0, 0.1) is 0 Å². The van der Waals surface area contributed by atoms with E-state index >= 15 is 0 Å². The first-order valence-corrected chi connectivity index (χ1v) is 8.33. The summed E-state index contributed by atoms with van der Waals surface area (Å²) in [6, 6.07) is 17.9. The topological polar surface area (TPSA) is 32.3 Å². The number of benzene rings is 2. The lowest BCUT2D eigenvalue weighted by atomic mass is 10.1. The average molecular weight is 331 g/mol. The van der Waals surface area contributed by atoms with Gasteiger partial charge in [-0.1, -0.05) is 54.1 Å². The lowest BCUT2D eigenvalue weighted by molar-refractivity contribution is -0.130. The van der Waals surface area contributed by atoms with E-state index < -0.39 is 0 Å². The van der Waals surface area contributed by atoms with Crippen LogP contribution in [-0.4, -0.2) is 30.4 Å². The predicted octanol–water partition coefficient (Wildman–Crippen LogP) is 3.52. The van der Waals surface area contributed by atoms with E-state index in [9.17, 15) is 4.79 Å². The van der Waals surface area contributed by atoms with Gasteiger partial charge in [-0.3, -0.25) is 4.79 Å². The van der Waals surface area contributed by atoms with Gasteiger partial charge in [0.25, 0.3) is 0 Å². The van der Waals surface area contributed by atoms with Crippen molar-refractivity contribution in [1.29, 1.82) is 0 Å². The number of carbonyl (C=O) groups excluding carboxylic acids is 1. The largest absolute Gasteiger partial charge is 0.338 e. The SMILES string of the molecule is CCN(Cc1ccccc1)C(=O)CNCCc1cccc(Cl)c1. The minimum Gasteiger partial charge on any atom is -0.338 e. The first-order valence-electron chi connectivity index (χ1n) is 7.96. The Balaban J connectivity index is 1.74. The van der Waals surface area contributed by atoms with Crippen LogP contribution in [0.15, 0.2) is 54.6 Å². The van der Waals surface area contributed by atoms with Crippen LogP contribution in [0.25, 0.3) is 0 Å². The minimum absolute atomic E-state index is 0.127. The second-order valence-corrected chi connectivity index (χ2v) is 5.89. The van der Waals surface area contributed by atoms with Gasteiger partial charge in [0.15, 0.2) is 0 Å². The molecule has 0 saturated heterocycles. The molecule has 0 saturated carbocycles. The van der Waals surface area contributed by atoms with Crippen LogP contribution in [0.4, 0.5) is 0 Å². The number of nitrogens with one attached hydrogen (secondary N) is 1. The summed E-state index contributed by atoms with van der Waals surface area (Å²) in [5.74, 6) is 0.127. The summed E-state index contributed by atoms with van der Waals surface area (Å²) in [6.07, 6.45) is 0.860. The van der Waals surface area contributed by atoms with E-state index in [1.54, 1.807) is 0 Å². The van der Waals surface area contributed by atoms with Crippen molar-refractivity contribution in [3.63, 3.8) is 0 Å². The van der Waals surface area contributed by atoms with Gasteiger partial charge in [0.1, 0.15) is 0 Å². The number of nitrogens with zero attached hydrogens (tertiary/aromatic N) is 1. The van der Waals surface area contributed by atoms with Crippen molar-refractivity contribution in [2.24, 2.45) is 0 Å². The zero-order valence-electron chi connectivity index (χ0n) is 13.5. The average Bonchev–Trinajstić information content (AvgIpc) is 2.57. The van der Waals surface area contributed by atoms with E-state index in [0.29, 0.717) is 19.6 Å².